The summed E-state index contributed by atoms with van der Waals surface area (Å²) in [6, 6.07) is 21.3. The van der Waals surface area contributed by atoms with Crippen LogP contribution in [0.4, 0.5) is 11.5 Å². The first-order valence-corrected chi connectivity index (χ1v) is 8.19. The van der Waals surface area contributed by atoms with Gasteiger partial charge in [0, 0.05) is 6.07 Å². The van der Waals surface area contributed by atoms with Crippen molar-refractivity contribution in [2.45, 2.75) is 6.92 Å². The van der Waals surface area contributed by atoms with Crippen molar-refractivity contribution >= 4 is 38.8 Å². The lowest BCUT2D eigenvalue weighted by Crippen LogP contribution is -2.28. The molecule has 0 aliphatic carbocycles. The van der Waals surface area contributed by atoms with Gasteiger partial charge < -0.3 is 0 Å². The van der Waals surface area contributed by atoms with E-state index in [1.807, 2.05) is 17.5 Å². The molecule has 0 fully saturated rings. The lowest BCUT2D eigenvalue weighted by molar-refractivity contribution is -0.564. The summed E-state index contributed by atoms with van der Waals surface area (Å²) >= 11 is 0. The predicted molar refractivity (Wildman–Crippen MR) is 99.0 cm³/mol. The first-order chi connectivity index (χ1) is 12.3. The molecular weight excluding hydrogens is 310 g/mol. The van der Waals surface area contributed by atoms with Crippen LogP contribution in [0.15, 0.2) is 67.0 Å². The topological polar surface area (TPSA) is 57.7 Å². The highest BCUT2D eigenvalue weighted by atomic mass is 15.3. The number of nitrogens with one attached hydrogen (secondary N) is 2. The number of aromatic amines is 1. The molecule has 0 spiro atoms. The largest absolute Gasteiger partial charge is 0.408 e. The van der Waals surface area contributed by atoms with Gasteiger partial charge in [-0.05, 0) is 52.7 Å². The summed E-state index contributed by atoms with van der Waals surface area (Å²) < 4.78 is 1.83. The van der Waals surface area contributed by atoms with Crippen molar-refractivity contribution in [1.29, 1.82) is 0 Å². The SMILES string of the molecule is Cc1cc(Nc2ccc3cc4ccccc4cc3c2)[n+]2[nH]cnc2n1. The van der Waals surface area contributed by atoms with Crippen LogP contribution in [-0.4, -0.2) is 15.1 Å². The van der Waals surface area contributed by atoms with Crippen LogP contribution in [0.2, 0.25) is 0 Å². The Bertz CT molecular complexity index is 1240. The van der Waals surface area contributed by atoms with Crippen LogP contribution >= 0.6 is 0 Å². The fraction of sp³-hybridized carbons (Fsp3) is 0.0500. The molecule has 2 heterocycles. The van der Waals surface area contributed by atoms with E-state index in [4.69, 9.17) is 0 Å². The van der Waals surface area contributed by atoms with E-state index in [1.54, 1.807) is 6.33 Å². The van der Waals surface area contributed by atoms with E-state index in [9.17, 15) is 0 Å². The highest BCUT2D eigenvalue weighted by molar-refractivity contribution is 5.99. The lowest BCUT2D eigenvalue weighted by Gasteiger charge is -2.07. The maximum Gasteiger partial charge on any atom is 0.408 e. The Morgan fingerprint density at radius 2 is 1.64 bits per heavy atom. The summed E-state index contributed by atoms with van der Waals surface area (Å²) in [4.78, 5) is 8.62. The molecule has 0 unspecified atom stereocenters. The second kappa shape index (κ2) is 5.27. The number of hydrogen-bond acceptors (Lipinski definition) is 3. The van der Waals surface area contributed by atoms with Crippen LogP contribution in [0.25, 0.3) is 27.3 Å². The third-order valence-corrected chi connectivity index (χ3v) is 4.41. The molecule has 5 rings (SSSR count). The van der Waals surface area contributed by atoms with Crippen molar-refractivity contribution in [1.82, 2.24) is 15.1 Å². The smallest absolute Gasteiger partial charge is 0.288 e. The Hall–Kier alpha value is -3.47. The van der Waals surface area contributed by atoms with E-state index in [2.05, 4.69) is 75.0 Å². The number of benzene rings is 3. The van der Waals surface area contributed by atoms with Gasteiger partial charge in [-0.25, -0.2) is 5.10 Å². The van der Waals surface area contributed by atoms with Gasteiger partial charge in [0.25, 0.3) is 0 Å². The maximum absolute atomic E-state index is 4.40. The zero-order valence-corrected chi connectivity index (χ0v) is 13.7. The number of H-pyrrole nitrogens is 1. The second-order valence-electron chi connectivity index (χ2n) is 6.19. The Kier molecular flexibility index (Phi) is 2.94. The summed E-state index contributed by atoms with van der Waals surface area (Å²) in [5.74, 6) is 1.55. The van der Waals surface area contributed by atoms with Crippen molar-refractivity contribution < 1.29 is 4.52 Å². The molecule has 25 heavy (non-hydrogen) atoms. The van der Waals surface area contributed by atoms with E-state index in [1.165, 1.54) is 21.5 Å². The third kappa shape index (κ3) is 2.37. The van der Waals surface area contributed by atoms with Gasteiger partial charge in [-0.1, -0.05) is 35.3 Å². The van der Waals surface area contributed by atoms with Crippen molar-refractivity contribution in [2.24, 2.45) is 0 Å². The zero-order chi connectivity index (χ0) is 16.8. The van der Waals surface area contributed by atoms with Crippen molar-refractivity contribution in [3.63, 3.8) is 0 Å². The quantitative estimate of drug-likeness (QED) is 0.382. The number of aromatic nitrogens is 4. The summed E-state index contributed by atoms with van der Waals surface area (Å²) in [5.41, 5.74) is 1.94. The van der Waals surface area contributed by atoms with Gasteiger partial charge in [0.2, 0.25) is 5.82 Å². The van der Waals surface area contributed by atoms with E-state index in [-0.39, 0.29) is 0 Å². The summed E-state index contributed by atoms with van der Waals surface area (Å²) in [6.45, 7) is 1.96. The molecule has 0 atom stereocenters. The lowest BCUT2D eigenvalue weighted by atomic mass is 10.0. The third-order valence-electron chi connectivity index (χ3n) is 4.41. The molecule has 5 aromatic rings. The minimum Gasteiger partial charge on any atom is -0.288 e. The number of fused-ring (bicyclic) bond motifs is 3. The van der Waals surface area contributed by atoms with E-state index < -0.39 is 0 Å². The number of anilines is 2. The van der Waals surface area contributed by atoms with Crippen LogP contribution < -0.4 is 9.83 Å². The first-order valence-electron chi connectivity index (χ1n) is 8.19. The van der Waals surface area contributed by atoms with E-state index >= 15 is 0 Å². The molecule has 5 heteroatoms. The number of nitrogens with zero attached hydrogens (tertiary/aromatic N) is 3. The highest BCUT2D eigenvalue weighted by Crippen LogP contribution is 2.26. The fourth-order valence-corrected chi connectivity index (χ4v) is 3.23. The molecular formula is C20H16N5+. The molecule has 5 nitrogen and oxygen atoms in total. The van der Waals surface area contributed by atoms with E-state index in [0.717, 1.165) is 17.2 Å². The van der Waals surface area contributed by atoms with Gasteiger partial charge in [-0.15, -0.1) is 9.50 Å². The normalized spacial score (nSPS) is 11.4. The summed E-state index contributed by atoms with van der Waals surface area (Å²) in [6.07, 6.45) is 1.64. The van der Waals surface area contributed by atoms with Gasteiger partial charge in [-0.2, -0.15) is 0 Å². The molecule has 0 saturated heterocycles. The van der Waals surface area contributed by atoms with Crippen LogP contribution in [0.5, 0.6) is 0 Å². The molecule has 0 aliphatic heterocycles. The molecule has 0 bridgehead atoms. The average Bonchev–Trinajstić information content (AvgIpc) is 3.08. The van der Waals surface area contributed by atoms with Gasteiger partial charge in [0.15, 0.2) is 6.33 Å². The number of hydrogen-bond donors (Lipinski definition) is 2. The monoisotopic (exact) mass is 326 g/mol. The van der Waals surface area contributed by atoms with Crippen molar-refractivity contribution in [3.05, 3.63) is 72.7 Å². The van der Waals surface area contributed by atoms with Crippen LogP contribution in [0.1, 0.15) is 5.69 Å². The van der Waals surface area contributed by atoms with Crippen LogP contribution in [0, 0.1) is 6.92 Å². The minimum atomic E-state index is 0.647. The Balaban J connectivity index is 1.62. The zero-order valence-electron chi connectivity index (χ0n) is 13.7. The fourth-order valence-electron chi connectivity index (χ4n) is 3.23. The molecule has 0 aliphatic rings. The number of aryl methyl sites for hydroxylation is 1. The molecule has 0 amide bonds. The van der Waals surface area contributed by atoms with E-state index in [0.29, 0.717) is 5.78 Å². The molecule has 0 saturated carbocycles. The van der Waals surface area contributed by atoms with Gasteiger partial charge in [0.1, 0.15) is 5.69 Å². The van der Waals surface area contributed by atoms with Crippen LogP contribution in [-0.2, 0) is 0 Å². The standard InChI is InChI=1S/C20H15N5/c1-13-8-19(25-20(23-13)21-12-22-25)24-18-7-6-16-9-14-4-2-3-5-15(14)10-17(16)11-18/h2-12H,1H3,(H,21,22,23,24)/p+1. The van der Waals surface area contributed by atoms with Gasteiger partial charge >= 0.3 is 5.78 Å². The predicted octanol–water partition coefficient (Wildman–Crippen LogP) is 3.90. The molecule has 3 aromatic carbocycles. The minimum absolute atomic E-state index is 0.647. The molecule has 120 valence electrons. The van der Waals surface area contributed by atoms with Crippen molar-refractivity contribution in [2.75, 3.05) is 5.32 Å². The average molecular weight is 326 g/mol. The van der Waals surface area contributed by atoms with Gasteiger partial charge in [0.05, 0.1) is 5.69 Å². The first kappa shape index (κ1) is 13.9. The Morgan fingerprint density at radius 1 is 0.880 bits per heavy atom. The Labute approximate surface area is 144 Å². The highest BCUT2D eigenvalue weighted by Gasteiger charge is 2.13. The van der Waals surface area contributed by atoms with Gasteiger partial charge in [-0.3, -0.25) is 5.32 Å². The maximum atomic E-state index is 4.40. The van der Waals surface area contributed by atoms with Crippen LogP contribution in [0.3, 0.4) is 0 Å². The summed E-state index contributed by atoms with van der Waals surface area (Å²) in [5, 5.41) is 11.5. The molecule has 0 radical (unpaired) electrons. The Morgan fingerprint density at radius 3 is 2.48 bits per heavy atom. The molecule has 2 aromatic heterocycles. The number of rotatable bonds is 2. The second-order valence-corrected chi connectivity index (χ2v) is 6.19. The molecule has 2 N–H and O–H groups in total. The summed E-state index contributed by atoms with van der Waals surface area (Å²) in [7, 11) is 0. The van der Waals surface area contributed by atoms with Crippen molar-refractivity contribution in [3.8, 4) is 0 Å².